The maximum atomic E-state index is 9.39. The summed E-state index contributed by atoms with van der Waals surface area (Å²) in [6.07, 6.45) is -1.28. The lowest BCUT2D eigenvalue weighted by Gasteiger charge is -2.13. The topological polar surface area (TPSA) is 74.4 Å². The van der Waals surface area contributed by atoms with Gasteiger partial charge >= 0.3 is 0 Å². The predicted octanol–water partition coefficient (Wildman–Crippen LogP) is -1.34. The van der Waals surface area contributed by atoms with Gasteiger partial charge in [0.05, 0.1) is 18.8 Å². The first-order valence-corrected chi connectivity index (χ1v) is 5.01. The third kappa shape index (κ3) is 2.01. The molecule has 0 amide bonds. The molecular weight excluding hydrogens is 196 g/mol. The fourth-order valence-corrected chi connectivity index (χ4v) is 1.76. The minimum absolute atomic E-state index is 0.493. The highest BCUT2D eigenvalue weighted by Crippen LogP contribution is 2.12. The Morgan fingerprint density at radius 1 is 1.27 bits per heavy atom. The van der Waals surface area contributed by atoms with Crippen LogP contribution in [0.1, 0.15) is 11.6 Å². The number of aliphatic hydroxyl groups is 2. The van der Waals surface area contributed by atoms with Gasteiger partial charge in [0.2, 0.25) is 0 Å². The summed E-state index contributed by atoms with van der Waals surface area (Å²) >= 11 is 0. The molecule has 1 fully saturated rings. The molecule has 0 spiro atoms. The summed E-state index contributed by atoms with van der Waals surface area (Å²) < 4.78 is 1.91. The molecule has 2 rings (SSSR count). The van der Waals surface area contributed by atoms with Crippen molar-refractivity contribution >= 4 is 0 Å². The Bertz CT molecular complexity index is 342. The average Bonchev–Trinajstić information content (AvgIpc) is 2.65. The van der Waals surface area contributed by atoms with Crippen molar-refractivity contribution in [3.63, 3.8) is 0 Å². The maximum absolute atomic E-state index is 9.39. The van der Waals surface area contributed by atoms with Crippen LogP contribution in [-0.4, -0.2) is 55.2 Å². The highest BCUT2D eigenvalue weighted by Gasteiger charge is 2.30. The second-order valence-corrected chi connectivity index (χ2v) is 4.05. The third-order valence-corrected chi connectivity index (χ3v) is 2.88. The Morgan fingerprint density at radius 2 is 1.87 bits per heavy atom. The maximum Gasteiger partial charge on any atom is 0.146 e. The van der Waals surface area contributed by atoms with E-state index < -0.39 is 12.2 Å². The van der Waals surface area contributed by atoms with Crippen molar-refractivity contribution in [2.24, 2.45) is 7.05 Å². The number of nitrogens with zero attached hydrogens (tertiary/aromatic N) is 4. The molecule has 0 aromatic carbocycles. The van der Waals surface area contributed by atoms with Crippen molar-refractivity contribution < 1.29 is 10.2 Å². The zero-order chi connectivity index (χ0) is 11.0. The first-order chi connectivity index (χ1) is 7.08. The molecule has 2 atom stereocenters. The Hall–Kier alpha value is -0.980. The van der Waals surface area contributed by atoms with Crippen molar-refractivity contribution in [2.45, 2.75) is 25.7 Å². The van der Waals surface area contributed by atoms with Crippen molar-refractivity contribution in [2.75, 3.05) is 13.1 Å². The number of rotatable bonds is 2. The Morgan fingerprint density at radius 3 is 2.33 bits per heavy atom. The van der Waals surface area contributed by atoms with E-state index in [4.69, 9.17) is 0 Å². The van der Waals surface area contributed by atoms with Gasteiger partial charge in [-0.15, -0.1) is 10.2 Å². The molecule has 0 unspecified atom stereocenters. The average molecular weight is 212 g/mol. The van der Waals surface area contributed by atoms with Crippen LogP contribution in [0.5, 0.6) is 0 Å². The predicted molar refractivity (Wildman–Crippen MR) is 53.0 cm³/mol. The largest absolute Gasteiger partial charge is 0.389 e. The highest BCUT2D eigenvalue weighted by atomic mass is 16.3. The van der Waals surface area contributed by atoms with E-state index in [1.54, 1.807) is 0 Å². The summed E-state index contributed by atoms with van der Waals surface area (Å²) in [7, 11) is 1.91. The molecule has 84 valence electrons. The van der Waals surface area contributed by atoms with Crippen LogP contribution in [0.25, 0.3) is 0 Å². The van der Waals surface area contributed by atoms with E-state index in [1.807, 2.05) is 23.4 Å². The zero-order valence-corrected chi connectivity index (χ0v) is 8.96. The van der Waals surface area contributed by atoms with Gasteiger partial charge in [-0.05, 0) is 6.92 Å². The number of aryl methyl sites for hydroxylation is 1. The number of likely N-dealkylation sites (tertiary alicyclic amines) is 1. The Kier molecular flexibility index (Phi) is 2.72. The first kappa shape index (κ1) is 10.5. The number of aliphatic hydroxyl groups excluding tert-OH is 2. The van der Waals surface area contributed by atoms with Crippen molar-refractivity contribution in [3.8, 4) is 0 Å². The van der Waals surface area contributed by atoms with Crippen molar-refractivity contribution in [1.82, 2.24) is 19.7 Å². The zero-order valence-electron chi connectivity index (χ0n) is 8.96. The van der Waals surface area contributed by atoms with Crippen molar-refractivity contribution in [1.29, 1.82) is 0 Å². The standard InChI is InChI=1S/C9H16N4O2/c1-6-10-11-9(12(6)2)5-13-3-7(14)8(15)4-13/h7-8,14-15H,3-5H2,1-2H3/t7-,8+. The van der Waals surface area contributed by atoms with Gasteiger partial charge in [0.15, 0.2) is 0 Å². The quantitative estimate of drug-likeness (QED) is 0.635. The van der Waals surface area contributed by atoms with Gasteiger partial charge in [-0.1, -0.05) is 0 Å². The fraction of sp³-hybridized carbons (Fsp3) is 0.778. The van der Waals surface area contributed by atoms with E-state index in [0.29, 0.717) is 19.6 Å². The van der Waals surface area contributed by atoms with Crippen LogP contribution < -0.4 is 0 Å². The molecule has 1 aromatic rings. The molecule has 15 heavy (non-hydrogen) atoms. The summed E-state index contributed by atoms with van der Waals surface area (Å²) in [5.74, 6) is 1.72. The molecule has 6 nitrogen and oxygen atoms in total. The molecule has 0 bridgehead atoms. The smallest absolute Gasteiger partial charge is 0.146 e. The van der Waals surface area contributed by atoms with Crippen LogP contribution in [0, 0.1) is 6.92 Å². The van der Waals surface area contributed by atoms with Crippen LogP contribution >= 0.6 is 0 Å². The lowest BCUT2D eigenvalue weighted by molar-refractivity contribution is 0.0572. The molecule has 6 heteroatoms. The molecule has 2 N–H and O–H groups in total. The molecule has 0 saturated carbocycles. The Balaban J connectivity index is 2.01. The molecular formula is C9H16N4O2. The monoisotopic (exact) mass is 212 g/mol. The summed E-state index contributed by atoms with van der Waals surface area (Å²) in [5, 5.41) is 26.8. The lowest BCUT2D eigenvalue weighted by atomic mass is 10.3. The van der Waals surface area contributed by atoms with Crippen LogP contribution in [0.4, 0.5) is 0 Å². The minimum Gasteiger partial charge on any atom is -0.389 e. The summed E-state index contributed by atoms with van der Waals surface area (Å²) in [5.41, 5.74) is 0. The number of β-amino-alcohol motifs (C(OH)–C–C–N with tert-alkyl or cyclic N) is 2. The minimum atomic E-state index is -0.640. The second-order valence-electron chi connectivity index (χ2n) is 4.05. The van der Waals surface area contributed by atoms with Gasteiger partial charge in [0.1, 0.15) is 11.6 Å². The second kappa shape index (κ2) is 3.88. The van der Waals surface area contributed by atoms with E-state index in [2.05, 4.69) is 10.2 Å². The lowest BCUT2D eigenvalue weighted by Crippen LogP contribution is -2.23. The molecule has 1 aliphatic heterocycles. The summed E-state index contributed by atoms with van der Waals surface area (Å²) in [4.78, 5) is 1.97. The first-order valence-electron chi connectivity index (χ1n) is 5.01. The molecule has 1 saturated heterocycles. The number of aromatic nitrogens is 3. The van der Waals surface area contributed by atoms with Gasteiger partial charge in [0, 0.05) is 20.1 Å². The SMILES string of the molecule is Cc1nnc(CN2C[C@@H](O)[C@@H](O)C2)n1C. The third-order valence-electron chi connectivity index (χ3n) is 2.88. The van der Waals surface area contributed by atoms with E-state index in [-0.39, 0.29) is 0 Å². The van der Waals surface area contributed by atoms with Crippen LogP contribution in [0.2, 0.25) is 0 Å². The van der Waals surface area contributed by atoms with E-state index in [1.165, 1.54) is 0 Å². The summed E-state index contributed by atoms with van der Waals surface area (Å²) in [6.45, 7) is 3.50. The van der Waals surface area contributed by atoms with E-state index >= 15 is 0 Å². The normalized spacial score (nSPS) is 27.5. The van der Waals surface area contributed by atoms with Gasteiger partial charge in [0.25, 0.3) is 0 Å². The fourth-order valence-electron chi connectivity index (χ4n) is 1.76. The van der Waals surface area contributed by atoms with E-state index in [0.717, 1.165) is 11.6 Å². The molecule has 0 aliphatic carbocycles. The van der Waals surface area contributed by atoms with Gasteiger partial charge in [-0.25, -0.2) is 0 Å². The summed E-state index contributed by atoms with van der Waals surface area (Å²) in [6, 6.07) is 0. The molecule has 1 aromatic heterocycles. The van der Waals surface area contributed by atoms with E-state index in [9.17, 15) is 10.2 Å². The van der Waals surface area contributed by atoms with Gasteiger partial charge in [-0.3, -0.25) is 4.90 Å². The highest BCUT2D eigenvalue weighted by molar-refractivity contribution is 4.94. The molecule has 2 heterocycles. The van der Waals surface area contributed by atoms with Crippen LogP contribution in [0.15, 0.2) is 0 Å². The van der Waals surface area contributed by atoms with Gasteiger partial charge in [-0.2, -0.15) is 0 Å². The van der Waals surface area contributed by atoms with Crippen LogP contribution in [-0.2, 0) is 13.6 Å². The number of hydrogen-bond donors (Lipinski definition) is 2. The Labute approximate surface area is 88.2 Å². The van der Waals surface area contributed by atoms with Gasteiger partial charge < -0.3 is 14.8 Å². The molecule has 1 aliphatic rings. The van der Waals surface area contributed by atoms with Crippen LogP contribution in [0.3, 0.4) is 0 Å². The number of hydrogen-bond acceptors (Lipinski definition) is 5. The molecule has 0 radical (unpaired) electrons. The van der Waals surface area contributed by atoms with Crippen molar-refractivity contribution in [3.05, 3.63) is 11.6 Å².